The molecule has 0 saturated carbocycles. The number of nitrogen functional groups attached to an aromatic ring is 1. The molecule has 0 heterocycles. The summed E-state index contributed by atoms with van der Waals surface area (Å²) in [6, 6.07) is 11.0. The molecule has 4 nitrogen and oxygen atoms in total. The molecule has 0 aliphatic rings. The number of anilines is 2. The van der Waals surface area contributed by atoms with Crippen molar-refractivity contribution in [1.82, 2.24) is 0 Å². The Morgan fingerprint density at radius 3 is 2.55 bits per heavy atom. The van der Waals surface area contributed by atoms with E-state index in [1.54, 1.807) is 43.3 Å². The van der Waals surface area contributed by atoms with Gasteiger partial charge in [0.15, 0.2) is 0 Å². The average molecular weight is 273 g/mol. The van der Waals surface area contributed by atoms with Gasteiger partial charge in [-0.3, -0.25) is 4.79 Å². The number of primary amides is 1. The van der Waals surface area contributed by atoms with E-state index in [-0.39, 0.29) is 17.4 Å². The van der Waals surface area contributed by atoms with E-state index in [1.807, 2.05) is 0 Å². The maximum absolute atomic E-state index is 13.7. The molecule has 0 saturated heterocycles. The van der Waals surface area contributed by atoms with Crippen molar-refractivity contribution in [3.63, 3.8) is 0 Å². The number of hydrogen-bond acceptors (Lipinski definition) is 3. The Morgan fingerprint density at radius 1 is 1.20 bits per heavy atom. The van der Waals surface area contributed by atoms with Crippen LogP contribution in [0.1, 0.15) is 28.9 Å². The molecule has 5 N–H and O–H groups in total. The Balaban J connectivity index is 2.35. The smallest absolute Gasteiger partial charge is 0.250 e. The van der Waals surface area contributed by atoms with Gasteiger partial charge in [-0.15, -0.1) is 0 Å². The Morgan fingerprint density at radius 2 is 1.90 bits per heavy atom. The van der Waals surface area contributed by atoms with Crippen LogP contribution in [-0.2, 0) is 0 Å². The van der Waals surface area contributed by atoms with E-state index in [9.17, 15) is 9.18 Å². The maximum Gasteiger partial charge on any atom is 0.250 e. The lowest BCUT2D eigenvalue weighted by atomic mass is 10.1. The Labute approximate surface area is 116 Å². The third-order valence-electron chi connectivity index (χ3n) is 3.09. The van der Waals surface area contributed by atoms with Gasteiger partial charge in [0.1, 0.15) is 5.82 Å². The van der Waals surface area contributed by atoms with Crippen molar-refractivity contribution >= 4 is 17.3 Å². The Hall–Kier alpha value is -2.56. The molecule has 104 valence electrons. The molecule has 2 aromatic rings. The van der Waals surface area contributed by atoms with E-state index < -0.39 is 5.91 Å². The number of rotatable bonds is 4. The highest BCUT2D eigenvalue weighted by atomic mass is 19.1. The summed E-state index contributed by atoms with van der Waals surface area (Å²) >= 11 is 0. The topological polar surface area (TPSA) is 81.1 Å². The van der Waals surface area contributed by atoms with Crippen LogP contribution in [0.3, 0.4) is 0 Å². The largest absolute Gasteiger partial charge is 0.397 e. The van der Waals surface area contributed by atoms with Crippen molar-refractivity contribution in [3.8, 4) is 0 Å². The van der Waals surface area contributed by atoms with E-state index in [0.29, 0.717) is 16.9 Å². The first-order valence-corrected chi connectivity index (χ1v) is 6.20. The van der Waals surface area contributed by atoms with Gasteiger partial charge in [0.2, 0.25) is 0 Å². The van der Waals surface area contributed by atoms with Crippen LogP contribution < -0.4 is 16.8 Å². The summed E-state index contributed by atoms with van der Waals surface area (Å²) in [7, 11) is 0. The summed E-state index contributed by atoms with van der Waals surface area (Å²) in [4.78, 5) is 11.4. The van der Waals surface area contributed by atoms with Crippen LogP contribution in [0.15, 0.2) is 42.5 Å². The molecule has 1 unspecified atom stereocenters. The molecule has 1 amide bonds. The van der Waals surface area contributed by atoms with E-state index in [4.69, 9.17) is 11.5 Å². The molecule has 2 rings (SSSR count). The lowest BCUT2D eigenvalue weighted by Crippen LogP contribution is -2.17. The molecule has 0 aliphatic carbocycles. The number of halogens is 1. The molecule has 0 aromatic heterocycles. The summed E-state index contributed by atoms with van der Waals surface area (Å²) in [5, 5.41) is 3.05. The second-order valence-corrected chi connectivity index (χ2v) is 4.52. The summed E-state index contributed by atoms with van der Waals surface area (Å²) in [6.07, 6.45) is 0. The minimum absolute atomic E-state index is 0.285. The van der Waals surface area contributed by atoms with Crippen molar-refractivity contribution in [2.45, 2.75) is 13.0 Å². The predicted molar refractivity (Wildman–Crippen MR) is 77.8 cm³/mol. The predicted octanol–water partition coefficient (Wildman–Crippen LogP) is 2.68. The quantitative estimate of drug-likeness (QED) is 0.749. The Bertz CT molecular complexity index is 643. The fraction of sp³-hybridized carbons (Fsp3) is 0.133. The third-order valence-corrected chi connectivity index (χ3v) is 3.09. The van der Waals surface area contributed by atoms with Crippen molar-refractivity contribution in [2.75, 3.05) is 11.1 Å². The molecular formula is C15H16FN3O. The molecule has 5 heteroatoms. The van der Waals surface area contributed by atoms with Crippen molar-refractivity contribution < 1.29 is 9.18 Å². The first-order valence-electron chi connectivity index (χ1n) is 6.20. The number of hydrogen-bond donors (Lipinski definition) is 3. The molecule has 0 fully saturated rings. The summed E-state index contributed by atoms with van der Waals surface area (Å²) in [6.45, 7) is 1.79. The molecule has 0 radical (unpaired) electrons. The van der Waals surface area contributed by atoms with Gasteiger partial charge in [-0.05, 0) is 25.1 Å². The number of benzene rings is 2. The SMILES string of the molecule is CC(Nc1c(N)cccc1C(N)=O)c1ccccc1F. The fourth-order valence-electron chi connectivity index (χ4n) is 2.06. The molecule has 2 aromatic carbocycles. The van der Waals surface area contributed by atoms with Crippen LogP contribution in [0.5, 0.6) is 0 Å². The monoisotopic (exact) mass is 273 g/mol. The normalized spacial score (nSPS) is 11.9. The first kappa shape index (κ1) is 13.9. The molecule has 0 spiro atoms. The van der Waals surface area contributed by atoms with Gasteiger partial charge in [0.05, 0.1) is 23.0 Å². The molecule has 0 bridgehead atoms. The second kappa shape index (κ2) is 5.61. The van der Waals surface area contributed by atoms with Gasteiger partial charge in [-0.2, -0.15) is 0 Å². The van der Waals surface area contributed by atoms with Crippen LogP contribution in [0, 0.1) is 5.82 Å². The number of para-hydroxylation sites is 1. The second-order valence-electron chi connectivity index (χ2n) is 4.52. The van der Waals surface area contributed by atoms with Crippen LogP contribution in [-0.4, -0.2) is 5.91 Å². The lowest BCUT2D eigenvalue weighted by molar-refractivity contribution is 0.100. The van der Waals surface area contributed by atoms with E-state index >= 15 is 0 Å². The summed E-state index contributed by atoms with van der Waals surface area (Å²) in [5.41, 5.74) is 12.8. The lowest BCUT2D eigenvalue weighted by Gasteiger charge is -2.19. The van der Waals surface area contributed by atoms with Crippen LogP contribution in [0.2, 0.25) is 0 Å². The fourth-order valence-corrected chi connectivity index (χ4v) is 2.06. The van der Waals surface area contributed by atoms with Crippen LogP contribution >= 0.6 is 0 Å². The van der Waals surface area contributed by atoms with Crippen LogP contribution in [0.25, 0.3) is 0 Å². The maximum atomic E-state index is 13.7. The standard InChI is InChI=1S/C15H16FN3O/c1-9(10-5-2-3-7-12(10)16)19-14-11(15(18)20)6-4-8-13(14)17/h2-9,19H,17H2,1H3,(H2,18,20). The number of carbonyl (C=O) groups excluding carboxylic acids is 1. The average Bonchev–Trinajstić information content (AvgIpc) is 2.41. The van der Waals surface area contributed by atoms with Gasteiger partial charge >= 0.3 is 0 Å². The number of carbonyl (C=O) groups is 1. The van der Waals surface area contributed by atoms with Crippen molar-refractivity contribution in [2.24, 2.45) is 5.73 Å². The number of nitrogens with two attached hydrogens (primary N) is 2. The highest BCUT2D eigenvalue weighted by Gasteiger charge is 2.16. The number of nitrogens with one attached hydrogen (secondary N) is 1. The van der Waals surface area contributed by atoms with Crippen molar-refractivity contribution in [3.05, 3.63) is 59.4 Å². The Kier molecular flexibility index (Phi) is 3.89. The zero-order chi connectivity index (χ0) is 14.7. The van der Waals surface area contributed by atoms with Gasteiger partial charge in [-0.25, -0.2) is 4.39 Å². The highest BCUT2D eigenvalue weighted by molar-refractivity contribution is 6.01. The summed E-state index contributed by atoms with van der Waals surface area (Å²) < 4.78 is 13.7. The van der Waals surface area contributed by atoms with Crippen LogP contribution in [0.4, 0.5) is 15.8 Å². The first-order chi connectivity index (χ1) is 9.50. The van der Waals surface area contributed by atoms with Gasteiger partial charge in [0.25, 0.3) is 5.91 Å². The third kappa shape index (κ3) is 2.71. The zero-order valence-corrected chi connectivity index (χ0v) is 11.1. The highest BCUT2D eigenvalue weighted by Crippen LogP contribution is 2.28. The molecule has 1 atom stereocenters. The van der Waals surface area contributed by atoms with Gasteiger partial charge in [-0.1, -0.05) is 24.3 Å². The molecule has 20 heavy (non-hydrogen) atoms. The van der Waals surface area contributed by atoms with E-state index in [2.05, 4.69) is 5.32 Å². The molecular weight excluding hydrogens is 257 g/mol. The van der Waals surface area contributed by atoms with E-state index in [1.165, 1.54) is 6.07 Å². The molecule has 0 aliphatic heterocycles. The van der Waals surface area contributed by atoms with Gasteiger partial charge < -0.3 is 16.8 Å². The van der Waals surface area contributed by atoms with E-state index in [0.717, 1.165) is 0 Å². The number of amides is 1. The minimum atomic E-state index is -0.583. The zero-order valence-electron chi connectivity index (χ0n) is 11.1. The minimum Gasteiger partial charge on any atom is -0.397 e. The summed E-state index contributed by atoms with van der Waals surface area (Å²) in [5.74, 6) is -0.900. The van der Waals surface area contributed by atoms with Gasteiger partial charge in [0, 0.05) is 5.56 Å². The van der Waals surface area contributed by atoms with Crippen molar-refractivity contribution in [1.29, 1.82) is 0 Å².